The topological polar surface area (TPSA) is 118 Å². The molecule has 118 valence electrons. The largest absolute Gasteiger partial charge is 0.314 e. The minimum atomic E-state index is -3.92. The third-order valence-electron chi connectivity index (χ3n) is 3.10. The van der Waals surface area contributed by atoms with E-state index in [1.165, 1.54) is 31.0 Å². The Bertz CT molecular complexity index is 697. The Morgan fingerprint density at radius 3 is 2.38 bits per heavy atom. The Kier molecular flexibility index (Phi) is 4.99. The number of hydrogen-bond acceptors (Lipinski definition) is 5. The molecule has 4 N–H and O–H groups in total. The van der Waals surface area contributed by atoms with Crippen molar-refractivity contribution in [3.05, 3.63) is 24.3 Å². The summed E-state index contributed by atoms with van der Waals surface area (Å²) in [4.78, 5) is -0.329. The number of nitrogens with one attached hydrogen (secondary N) is 2. The highest BCUT2D eigenvalue weighted by Crippen LogP contribution is 2.18. The van der Waals surface area contributed by atoms with Gasteiger partial charge in [-0.2, -0.15) is 0 Å². The molecule has 0 atom stereocenters. The van der Waals surface area contributed by atoms with E-state index in [0.717, 1.165) is 12.6 Å². The van der Waals surface area contributed by atoms with Gasteiger partial charge in [-0.3, -0.25) is 0 Å². The molecule has 0 radical (unpaired) electrons. The fourth-order valence-electron chi connectivity index (χ4n) is 1.79. The Balaban J connectivity index is 1.94. The molecule has 0 saturated heterocycles. The summed E-state index contributed by atoms with van der Waals surface area (Å²) in [5, 5.41) is 8.27. The van der Waals surface area contributed by atoms with E-state index >= 15 is 0 Å². The van der Waals surface area contributed by atoms with Crippen LogP contribution < -0.4 is 15.2 Å². The van der Waals surface area contributed by atoms with Gasteiger partial charge in [-0.15, -0.1) is 0 Å². The fourth-order valence-corrected chi connectivity index (χ4v) is 3.54. The van der Waals surface area contributed by atoms with E-state index in [1.807, 2.05) is 0 Å². The summed E-state index contributed by atoms with van der Waals surface area (Å²) >= 11 is 0. The first kappa shape index (κ1) is 16.4. The highest BCUT2D eigenvalue weighted by molar-refractivity contribution is 7.90. The van der Waals surface area contributed by atoms with E-state index in [4.69, 9.17) is 5.14 Å². The molecule has 0 unspecified atom stereocenters. The molecule has 0 aromatic heterocycles. The summed E-state index contributed by atoms with van der Waals surface area (Å²) < 4.78 is 49.0. The zero-order valence-corrected chi connectivity index (χ0v) is 13.1. The van der Waals surface area contributed by atoms with Crippen LogP contribution in [0, 0.1) is 0 Å². The van der Waals surface area contributed by atoms with Gasteiger partial charge in [-0.25, -0.2) is 26.7 Å². The lowest BCUT2D eigenvalue weighted by atomic mass is 10.4. The van der Waals surface area contributed by atoms with Crippen LogP contribution in [0.2, 0.25) is 0 Å². The summed E-state index contributed by atoms with van der Waals surface area (Å²) in [6, 6.07) is 5.59. The van der Waals surface area contributed by atoms with Gasteiger partial charge in [0, 0.05) is 12.6 Å². The van der Waals surface area contributed by atoms with E-state index in [9.17, 15) is 16.8 Å². The molecule has 1 fully saturated rings. The van der Waals surface area contributed by atoms with Crippen LogP contribution >= 0.6 is 0 Å². The zero-order chi connectivity index (χ0) is 15.5. The molecule has 0 amide bonds. The van der Waals surface area contributed by atoms with Crippen LogP contribution in [0.4, 0.5) is 0 Å². The monoisotopic (exact) mass is 333 g/mol. The molecule has 0 bridgehead atoms. The van der Waals surface area contributed by atoms with Crippen LogP contribution in [0.5, 0.6) is 0 Å². The van der Waals surface area contributed by atoms with E-state index in [1.54, 1.807) is 0 Å². The molecule has 2 rings (SSSR count). The van der Waals surface area contributed by atoms with Gasteiger partial charge in [0.2, 0.25) is 20.0 Å². The SMILES string of the molecule is NS(=O)(=O)c1cccc(S(=O)(=O)NCCCNC2CC2)c1. The third-order valence-corrected chi connectivity index (χ3v) is 5.47. The highest BCUT2D eigenvalue weighted by Gasteiger charge is 2.20. The number of primary sulfonamides is 1. The van der Waals surface area contributed by atoms with Gasteiger partial charge >= 0.3 is 0 Å². The maximum Gasteiger partial charge on any atom is 0.240 e. The van der Waals surface area contributed by atoms with Crippen molar-refractivity contribution in [2.75, 3.05) is 13.1 Å². The van der Waals surface area contributed by atoms with Gasteiger partial charge < -0.3 is 5.32 Å². The molecule has 7 nitrogen and oxygen atoms in total. The second-order valence-electron chi connectivity index (χ2n) is 5.00. The zero-order valence-electron chi connectivity index (χ0n) is 11.4. The molecule has 0 spiro atoms. The molecule has 1 aromatic carbocycles. The Hall–Kier alpha value is -1.00. The van der Waals surface area contributed by atoms with E-state index in [2.05, 4.69) is 10.0 Å². The first-order valence-electron chi connectivity index (χ1n) is 6.65. The minimum absolute atomic E-state index is 0.107. The van der Waals surface area contributed by atoms with E-state index in [-0.39, 0.29) is 9.79 Å². The first-order valence-corrected chi connectivity index (χ1v) is 9.68. The molecule has 1 saturated carbocycles. The minimum Gasteiger partial charge on any atom is -0.314 e. The second-order valence-corrected chi connectivity index (χ2v) is 8.33. The predicted octanol–water partition coefficient (Wildman–Crippen LogP) is -0.246. The summed E-state index contributed by atoms with van der Waals surface area (Å²) in [7, 11) is -7.65. The van der Waals surface area contributed by atoms with Crippen LogP contribution in [-0.4, -0.2) is 36.0 Å². The van der Waals surface area contributed by atoms with Crippen molar-refractivity contribution in [2.24, 2.45) is 5.14 Å². The molecular formula is C12H19N3O4S2. The average Bonchev–Trinajstić information content (AvgIpc) is 3.21. The molecule has 9 heteroatoms. The second kappa shape index (κ2) is 6.41. The van der Waals surface area contributed by atoms with Crippen LogP contribution in [0.25, 0.3) is 0 Å². The summed E-state index contributed by atoms with van der Waals surface area (Å²) in [6.07, 6.45) is 3.04. The van der Waals surface area contributed by atoms with Crippen molar-refractivity contribution in [3.8, 4) is 0 Å². The van der Waals surface area contributed by atoms with Crippen LogP contribution in [-0.2, 0) is 20.0 Å². The van der Waals surface area contributed by atoms with Crippen molar-refractivity contribution in [1.29, 1.82) is 0 Å². The summed E-state index contributed by atoms with van der Waals surface area (Å²) in [6.45, 7) is 1.05. The van der Waals surface area contributed by atoms with Gasteiger partial charge in [0.25, 0.3) is 0 Å². The van der Waals surface area contributed by atoms with Crippen LogP contribution in [0.3, 0.4) is 0 Å². The lowest BCUT2D eigenvalue weighted by Crippen LogP contribution is -2.28. The Labute approximate surface area is 125 Å². The summed E-state index contributed by atoms with van der Waals surface area (Å²) in [5.41, 5.74) is 0. The first-order chi connectivity index (χ1) is 9.79. The quantitative estimate of drug-likeness (QED) is 0.567. The number of hydrogen-bond donors (Lipinski definition) is 3. The highest BCUT2D eigenvalue weighted by atomic mass is 32.2. The standard InChI is InChI=1S/C12H19N3O4S2/c13-20(16,17)11-3-1-4-12(9-11)21(18,19)15-8-2-7-14-10-5-6-10/h1,3-4,9-10,14-15H,2,5-8H2,(H2,13,16,17). The van der Waals surface area contributed by atoms with Crippen LogP contribution in [0.1, 0.15) is 19.3 Å². The molecule has 1 aliphatic rings. The Morgan fingerprint density at radius 1 is 1.10 bits per heavy atom. The molecule has 21 heavy (non-hydrogen) atoms. The number of benzene rings is 1. The van der Waals surface area contributed by atoms with Gasteiger partial charge in [0.05, 0.1) is 9.79 Å². The average molecular weight is 333 g/mol. The molecular weight excluding hydrogens is 314 g/mol. The van der Waals surface area contributed by atoms with Gasteiger partial charge in [-0.05, 0) is 44.0 Å². The molecule has 0 aliphatic heterocycles. The van der Waals surface area contributed by atoms with Gasteiger partial charge in [0.1, 0.15) is 0 Å². The lowest BCUT2D eigenvalue weighted by molar-refractivity contribution is 0.573. The number of nitrogens with two attached hydrogens (primary N) is 1. The maximum absolute atomic E-state index is 12.1. The fraction of sp³-hybridized carbons (Fsp3) is 0.500. The van der Waals surface area contributed by atoms with Crippen molar-refractivity contribution >= 4 is 20.0 Å². The van der Waals surface area contributed by atoms with Crippen molar-refractivity contribution in [2.45, 2.75) is 35.1 Å². The maximum atomic E-state index is 12.1. The molecule has 1 aliphatic carbocycles. The normalized spacial score (nSPS) is 16.0. The summed E-state index contributed by atoms with van der Waals surface area (Å²) in [5.74, 6) is 0. The predicted molar refractivity (Wildman–Crippen MR) is 78.6 cm³/mol. The molecule has 1 aromatic rings. The van der Waals surface area contributed by atoms with Gasteiger partial charge in [0.15, 0.2) is 0 Å². The van der Waals surface area contributed by atoms with E-state index in [0.29, 0.717) is 19.0 Å². The lowest BCUT2D eigenvalue weighted by Gasteiger charge is -2.08. The van der Waals surface area contributed by atoms with Crippen LogP contribution in [0.15, 0.2) is 34.1 Å². The van der Waals surface area contributed by atoms with Crippen molar-refractivity contribution < 1.29 is 16.8 Å². The smallest absolute Gasteiger partial charge is 0.240 e. The number of sulfonamides is 2. The van der Waals surface area contributed by atoms with Crippen molar-refractivity contribution in [1.82, 2.24) is 10.0 Å². The molecule has 0 heterocycles. The van der Waals surface area contributed by atoms with E-state index < -0.39 is 20.0 Å². The van der Waals surface area contributed by atoms with Crippen molar-refractivity contribution in [3.63, 3.8) is 0 Å². The van der Waals surface area contributed by atoms with Gasteiger partial charge in [-0.1, -0.05) is 6.07 Å². The number of rotatable bonds is 8. The Morgan fingerprint density at radius 2 is 1.76 bits per heavy atom. The third kappa shape index (κ3) is 5.04.